The average Bonchev–Trinajstić information content (AvgIpc) is 3.22. The molecule has 1 heterocycles. The van der Waals surface area contributed by atoms with Gasteiger partial charge in [0.1, 0.15) is 12.4 Å². The number of nitrogens with zero attached hydrogens (tertiary/aromatic N) is 2. The van der Waals surface area contributed by atoms with Crippen molar-refractivity contribution in [3.8, 4) is 5.75 Å². The van der Waals surface area contributed by atoms with Gasteiger partial charge in [0.05, 0.1) is 6.54 Å². The molecule has 162 valence electrons. The molecule has 5 nitrogen and oxygen atoms in total. The molecule has 0 atom stereocenters. The molecule has 1 aromatic heterocycles. The molecule has 0 unspecified atom stereocenters. The summed E-state index contributed by atoms with van der Waals surface area (Å²) in [7, 11) is 0. The smallest absolute Gasteiger partial charge is 0.256 e. The molecular formula is C24H18Cl3N3O2. The van der Waals surface area contributed by atoms with E-state index < -0.39 is 0 Å². The molecule has 1 amide bonds. The minimum Gasteiger partial charge on any atom is -0.489 e. The van der Waals surface area contributed by atoms with Crippen LogP contribution in [-0.2, 0) is 13.2 Å². The molecular weight excluding hydrogens is 469 g/mol. The lowest BCUT2D eigenvalue weighted by Crippen LogP contribution is -2.13. The van der Waals surface area contributed by atoms with Gasteiger partial charge >= 0.3 is 0 Å². The van der Waals surface area contributed by atoms with Crippen molar-refractivity contribution in [2.75, 3.05) is 5.32 Å². The van der Waals surface area contributed by atoms with E-state index >= 15 is 0 Å². The van der Waals surface area contributed by atoms with Crippen LogP contribution in [0.4, 0.5) is 5.82 Å². The molecule has 32 heavy (non-hydrogen) atoms. The van der Waals surface area contributed by atoms with Crippen molar-refractivity contribution in [3.05, 3.63) is 111 Å². The lowest BCUT2D eigenvalue weighted by atomic mass is 10.1. The Kier molecular flexibility index (Phi) is 7.00. The molecule has 0 fully saturated rings. The molecule has 0 aliphatic carbocycles. The minimum atomic E-state index is -0.256. The second-order valence-corrected chi connectivity index (χ2v) is 8.25. The zero-order valence-electron chi connectivity index (χ0n) is 16.8. The third-order valence-corrected chi connectivity index (χ3v) is 5.63. The molecule has 0 radical (unpaired) electrons. The number of carbonyl (C=O) groups excluding carboxylic acids is 1. The van der Waals surface area contributed by atoms with Crippen LogP contribution in [0.3, 0.4) is 0 Å². The highest BCUT2D eigenvalue weighted by molar-refractivity contribution is 6.36. The maximum absolute atomic E-state index is 12.6. The maximum atomic E-state index is 12.6. The van der Waals surface area contributed by atoms with Gasteiger partial charge in [-0.05, 0) is 48.0 Å². The molecule has 0 spiro atoms. The van der Waals surface area contributed by atoms with Crippen molar-refractivity contribution < 1.29 is 9.53 Å². The lowest BCUT2D eigenvalue weighted by molar-refractivity contribution is 0.102. The van der Waals surface area contributed by atoms with Crippen molar-refractivity contribution in [1.29, 1.82) is 0 Å². The third-order valence-electron chi connectivity index (χ3n) is 4.68. The van der Waals surface area contributed by atoms with Crippen LogP contribution in [0.1, 0.15) is 21.5 Å². The number of anilines is 1. The molecule has 0 saturated heterocycles. The van der Waals surface area contributed by atoms with Crippen LogP contribution in [0.2, 0.25) is 15.1 Å². The zero-order valence-corrected chi connectivity index (χ0v) is 19.0. The summed E-state index contributed by atoms with van der Waals surface area (Å²) in [5.41, 5.74) is 2.22. The Morgan fingerprint density at radius 2 is 1.66 bits per heavy atom. The SMILES string of the molecule is O=C(Nc1ccn(Cc2c(Cl)cccc2Cl)n1)c1ccc(COc2cccc(Cl)c2)cc1. The van der Waals surface area contributed by atoms with E-state index in [1.807, 2.05) is 24.3 Å². The number of hydrogen-bond acceptors (Lipinski definition) is 3. The van der Waals surface area contributed by atoms with Gasteiger partial charge in [-0.1, -0.05) is 59.1 Å². The second-order valence-electron chi connectivity index (χ2n) is 7.00. The molecule has 3 aromatic carbocycles. The Labute approximate surface area is 200 Å². The van der Waals surface area contributed by atoms with E-state index in [2.05, 4.69) is 10.4 Å². The first-order valence-electron chi connectivity index (χ1n) is 9.73. The molecule has 4 rings (SSSR count). The summed E-state index contributed by atoms with van der Waals surface area (Å²) in [5, 5.41) is 8.92. The molecule has 0 aliphatic heterocycles. The maximum Gasteiger partial charge on any atom is 0.256 e. The van der Waals surface area contributed by atoms with Gasteiger partial charge < -0.3 is 10.1 Å². The number of ether oxygens (including phenoxy) is 1. The standard InChI is InChI=1S/C24H18Cl3N3O2/c25-18-3-1-4-19(13-18)32-15-16-7-9-17(10-8-16)24(31)28-23-11-12-30(29-23)14-20-21(26)5-2-6-22(20)27/h1-13H,14-15H2,(H,28,29,31). The summed E-state index contributed by atoms with van der Waals surface area (Å²) in [6.45, 7) is 0.771. The fraction of sp³-hybridized carbons (Fsp3) is 0.0833. The van der Waals surface area contributed by atoms with Gasteiger partial charge in [-0.15, -0.1) is 0 Å². The number of nitrogens with one attached hydrogen (secondary N) is 1. The van der Waals surface area contributed by atoms with Gasteiger partial charge in [0.15, 0.2) is 5.82 Å². The van der Waals surface area contributed by atoms with E-state index in [0.29, 0.717) is 45.4 Å². The number of halogens is 3. The van der Waals surface area contributed by atoms with Crippen LogP contribution >= 0.6 is 34.8 Å². The van der Waals surface area contributed by atoms with Crippen molar-refractivity contribution in [2.24, 2.45) is 0 Å². The van der Waals surface area contributed by atoms with Gasteiger partial charge in [0, 0.05) is 38.5 Å². The van der Waals surface area contributed by atoms with Crippen LogP contribution in [0.5, 0.6) is 5.75 Å². The van der Waals surface area contributed by atoms with Gasteiger partial charge in [-0.2, -0.15) is 5.10 Å². The first-order valence-corrected chi connectivity index (χ1v) is 10.9. The highest BCUT2D eigenvalue weighted by atomic mass is 35.5. The summed E-state index contributed by atoms with van der Waals surface area (Å²) in [5.74, 6) is 0.868. The summed E-state index contributed by atoms with van der Waals surface area (Å²) < 4.78 is 7.39. The first-order chi connectivity index (χ1) is 15.5. The van der Waals surface area contributed by atoms with Crippen LogP contribution in [-0.4, -0.2) is 15.7 Å². The number of hydrogen-bond donors (Lipinski definition) is 1. The van der Waals surface area contributed by atoms with Gasteiger partial charge in [0.2, 0.25) is 0 Å². The van der Waals surface area contributed by atoms with Crippen LogP contribution < -0.4 is 10.1 Å². The van der Waals surface area contributed by atoms with E-state index in [4.69, 9.17) is 39.5 Å². The van der Waals surface area contributed by atoms with Crippen molar-refractivity contribution in [3.63, 3.8) is 0 Å². The van der Waals surface area contributed by atoms with Gasteiger partial charge in [-0.3, -0.25) is 9.48 Å². The van der Waals surface area contributed by atoms with Gasteiger partial charge in [-0.25, -0.2) is 0 Å². The topological polar surface area (TPSA) is 56.2 Å². The normalized spacial score (nSPS) is 10.7. The lowest BCUT2D eigenvalue weighted by Gasteiger charge is -2.08. The van der Waals surface area contributed by atoms with E-state index in [9.17, 15) is 4.79 Å². The highest BCUT2D eigenvalue weighted by Gasteiger charge is 2.11. The van der Waals surface area contributed by atoms with Crippen LogP contribution in [0, 0.1) is 0 Å². The summed E-state index contributed by atoms with van der Waals surface area (Å²) in [4.78, 5) is 12.6. The molecule has 0 bridgehead atoms. The Morgan fingerprint density at radius 1 is 0.938 bits per heavy atom. The van der Waals surface area contributed by atoms with E-state index in [0.717, 1.165) is 11.1 Å². The largest absolute Gasteiger partial charge is 0.489 e. The highest BCUT2D eigenvalue weighted by Crippen LogP contribution is 2.25. The Hall–Kier alpha value is -2.99. The van der Waals surface area contributed by atoms with Crippen molar-refractivity contribution in [2.45, 2.75) is 13.2 Å². The number of benzene rings is 3. The van der Waals surface area contributed by atoms with Crippen LogP contribution in [0.15, 0.2) is 79.0 Å². The molecule has 0 saturated carbocycles. The monoisotopic (exact) mass is 485 g/mol. The Morgan fingerprint density at radius 3 is 2.38 bits per heavy atom. The quantitative estimate of drug-likeness (QED) is 0.315. The van der Waals surface area contributed by atoms with Crippen molar-refractivity contribution in [1.82, 2.24) is 9.78 Å². The minimum absolute atomic E-state index is 0.256. The summed E-state index contributed by atoms with van der Waals surface area (Å²) in [6, 6.07) is 21.4. The molecule has 8 heteroatoms. The fourth-order valence-electron chi connectivity index (χ4n) is 3.03. The Balaban J connectivity index is 1.35. The second kappa shape index (κ2) is 10.1. The molecule has 0 aliphatic rings. The third kappa shape index (κ3) is 5.62. The first kappa shape index (κ1) is 22.2. The van der Waals surface area contributed by atoms with E-state index in [1.165, 1.54) is 0 Å². The Bertz CT molecular complexity index is 1220. The fourth-order valence-corrected chi connectivity index (χ4v) is 3.72. The van der Waals surface area contributed by atoms with E-state index in [1.54, 1.807) is 59.4 Å². The number of amides is 1. The predicted octanol–water partition coefficient (Wildman–Crippen LogP) is 6.72. The van der Waals surface area contributed by atoms with Crippen LogP contribution in [0.25, 0.3) is 0 Å². The van der Waals surface area contributed by atoms with Crippen molar-refractivity contribution >= 4 is 46.5 Å². The molecule has 1 N–H and O–H groups in total. The molecule has 4 aromatic rings. The number of carbonyl (C=O) groups is 1. The van der Waals surface area contributed by atoms with E-state index in [-0.39, 0.29) is 5.91 Å². The number of rotatable bonds is 7. The average molecular weight is 487 g/mol. The predicted molar refractivity (Wildman–Crippen MR) is 128 cm³/mol. The zero-order chi connectivity index (χ0) is 22.5. The number of aromatic nitrogens is 2. The van der Waals surface area contributed by atoms with Gasteiger partial charge in [0.25, 0.3) is 5.91 Å². The summed E-state index contributed by atoms with van der Waals surface area (Å²) >= 11 is 18.4. The summed E-state index contributed by atoms with van der Waals surface area (Å²) in [6.07, 6.45) is 1.76.